The van der Waals surface area contributed by atoms with Crippen molar-refractivity contribution in [3.05, 3.63) is 65.2 Å². The van der Waals surface area contributed by atoms with E-state index in [9.17, 15) is 13.2 Å². The second kappa shape index (κ2) is 8.18. The van der Waals surface area contributed by atoms with E-state index >= 15 is 0 Å². The quantitative estimate of drug-likeness (QED) is 0.656. The van der Waals surface area contributed by atoms with Crippen molar-refractivity contribution in [3.8, 4) is 0 Å². The molecule has 166 valence electrons. The van der Waals surface area contributed by atoms with Crippen molar-refractivity contribution in [1.82, 2.24) is 14.6 Å². The van der Waals surface area contributed by atoms with E-state index < -0.39 is 10.0 Å². The molecule has 1 aliphatic carbocycles. The average Bonchev–Trinajstić information content (AvgIpc) is 3.42. The van der Waals surface area contributed by atoms with E-state index in [1.807, 2.05) is 47.4 Å². The highest BCUT2D eigenvalue weighted by Crippen LogP contribution is 2.38. The molecule has 7 nitrogen and oxygen atoms in total. The smallest absolute Gasteiger partial charge is 0.254 e. The lowest BCUT2D eigenvalue weighted by Crippen LogP contribution is -2.46. The second-order valence-corrected chi connectivity index (χ2v) is 10.3. The molecular formula is C24H25N3O4S. The van der Waals surface area contributed by atoms with Crippen LogP contribution in [0.4, 0.5) is 0 Å². The van der Waals surface area contributed by atoms with Gasteiger partial charge in [0.2, 0.25) is 10.0 Å². The molecular weight excluding hydrogens is 426 g/mol. The SMILES string of the molecule is CS(=O)(=O)NC1CCN(C(=O)c2c3c(nc4ccccc24)C(=Cc2ccco2)CC3)CC1. The highest BCUT2D eigenvalue weighted by atomic mass is 32.2. The molecule has 0 unspecified atom stereocenters. The van der Waals surface area contributed by atoms with Gasteiger partial charge in [-0.3, -0.25) is 4.79 Å². The van der Waals surface area contributed by atoms with Crippen LogP contribution in [0.3, 0.4) is 0 Å². The Kier molecular flexibility index (Phi) is 5.35. The standard InChI is InChI=1S/C24H25N3O4S/c1-32(29,30)26-17-10-12-27(13-11-17)24(28)22-19-6-2-3-7-21(19)25-23-16(8-9-20(22)23)15-18-5-4-14-31-18/h2-7,14-15,17,26H,8-13H2,1H3. The first kappa shape index (κ1) is 20.9. The summed E-state index contributed by atoms with van der Waals surface area (Å²) in [5, 5.41) is 0.867. The van der Waals surface area contributed by atoms with Gasteiger partial charge in [-0.25, -0.2) is 18.1 Å². The number of rotatable bonds is 4. The summed E-state index contributed by atoms with van der Waals surface area (Å²) in [6.07, 6.45) is 7.59. The van der Waals surface area contributed by atoms with E-state index in [-0.39, 0.29) is 11.9 Å². The van der Waals surface area contributed by atoms with Gasteiger partial charge in [-0.2, -0.15) is 0 Å². The molecule has 2 aromatic heterocycles. The topological polar surface area (TPSA) is 92.5 Å². The van der Waals surface area contributed by atoms with Gasteiger partial charge in [-0.1, -0.05) is 18.2 Å². The molecule has 32 heavy (non-hydrogen) atoms. The summed E-state index contributed by atoms with van der Waals surface area (Å²) in [4.78, 5) is 20.5. The Morgan fingerprint density at radius 3 is 2.66 bits per heavy atom. The zero-order valence-electron chi connectivity index (χ0n) is 17.9. The first-order chi connectivity index (χ1) is 15.4. The van der Waals surface area contributed by atoms with Gasteiger partial charge in [-0.15, -0.1) is 0 Å². The lowest BCUT2D eigenvalue weighted by molar-refractivity contribution is 0.0712. The number of allylic oxidation sites excluding steroid dienone is 1. The van der Waals surface area contributed by atoms with Crippen LogP contribution in [0, 0.1) is 0 Å². The Balaban J connectivity index is 1.50. The van der Waals surface area contributed by atoms with Crippen LogP contribution in [0.1, 0.15) is 46.6 Å². The number of para-hydroxylation sites is 1. The van der Waals surface area contributed by atoms with Crippen LogP contribution in [0.2, 0.25) is 0 Å². The van der Waals surface area contributed by atoms with Crippen molar-refractivity contribution in [3.63, 3.8) is 0 Å². The predicted molar refractivity (Wildman–Crippen MR) is 124 cm³/mol. The molecule has 1 fully saturated rings. The van der Waals surface area contributed by atoms with Gasteiger partial charge in [0, 0.05) is 24.5 Å². The van der Waals surface area contributed by atoms with E-state index in [1.165, 1.54) is 6.26 Å². The highest BCUT2D eigenvalue weighted by Gasteiger charge is 2.31. The number of piperidine rings is 1. The van der Waals surface area contributed by atoms with Gasteiger partial charge < -0.3 is 9.32 Å². The number of carbonyl (C=O) groups is 1. The average molecular weight is 452 g/mol. The summed E-state index contributed by atoms with van der Waals surface area (Å²) in [5.41, 5.74) is 4.46. The zero-order chi connectivity index (χ0) is 22.3. The van der Waals surface area contributed by atoms with Gasteiger partial charge in [0.15, 0.2) is 0 Å². The van der Waals surface area contributed by atoms with Crippen molar-refractivity contribution in [2.45, 2.75) is 31.7 Å². The van der Waals surface area contributed by atoms with Gasteiger partial charge in [0.1, 0.15) is 5.76 Å². The normalized spacial score (nSPS) is 18.4. The number of nitrogens with one attached hydrogen (secondary N) is 1. The number of fused-ring (bicyclic) bond motifs is 2. The Hall–Kier alpha value is -2.97. The van der Waals surface area contributed by atoms with E-state index in [4.69, 9.17) is 9.40 Å². The molecule has 3 aromatic rings. The number of nitrogens with zero attached hydrogens (tertiary/aromatic N) is 2. The van der Waals surface area contributed by atoms with Crippen molar-refractivity contribution < 1.29 is 17.6 Å². The summed E-state index contributed by atoms with van der Waals surface area (Å²) in [7, 11) is -3.25. The fraction of sp³-hybridized carbons (Fsp3) is 0.333. The number of amides is 1. The minimum Gasteiger partial charge on any atom is -0.465 e. The Morgan fingerprint density at radius 1 is 1.16 bits per heavy atom. The summed E-state index contributed by atoms with van der Waals surface area (Å²) < 4.78 is 31.2. The molecule has 0 atom stereocenters. The van der Waals surface area contributed by atoms with Crippen LogP contribution in [-0.2, 0) is 16.4 Å². The van der Waals surface area contributed by atoms with E-state index in [0.29, 0.717) is 25.9 Å². The summed E-state index contributed by atoms with van der Waals surface area (Å²) in [6.45, 7) is 1.04. The Labute approximate surface area is 187 Å². The molecule has 1 N–H and O–H groups in total. The van der Waals surface area contributed by atoms with Gasteiger partial charge >= 0.3 is 0 Å². The molecule has 5 rings (SSSR count). The van der Waals surface area contributed by atoms with Crippen LogP contribution >= 0.6 is 0 Å². The maximum absolute atomic E-state index is 13.7. The number of benzene rings is 1. The van der Waals surface area contributed by atoms with E-state index in [1.54, 1.807) is 6.26 Å². The third-order valence-corrected chi connectivity index (χ3v) is 6.94. The van der Waals surface area contributed by atoms with Gasteiger partial charge in [-0.05, 0) is 61.1 Å². The van der Waals surface area contributed by atoms with Gasteiger partial charge in [0.25, 0.3) is 5.91 Å². The van der Waals surface area contributed by atoms with Crippen molar-refractivity contribution >= 4 is 38.5 Å². The summed E-state index contributed by atoms with van der Waals surface area (Å²) in [5.74, 6) is 0.771. The largest absolute Gasteiger partial charge is 0.465 e. The number of carbonyl (C=O) groups excluding carboxylic acids is 1. The molecule has 0 radical (unpaired) electrons. The molecule has 1 amide bonds. The molecule has 0 bridgehead atoms. The fourth-order valence-corrected chi connectivity index (χ4v) is 5.57. The van der Waals surface area contributed by atoms with Crippen molar-refractivity contribution in [1.29, 1.82) is 0 Å². The number of furan rings is 1. The van der Waals surface area contributed by atoms with E-state index in [0.717, 1.165) is 51.9 Å². The number of hydrogen-bond donors (Lipinski definition) is 1. The van der Waals surface area contributed by atoms with E-state index in [2.05, 4.69) is 4.72 Å². The fourth-order valence-electron chi connectivity index (χ4n) is 4.73. The lowest BCUT2D eigenvalue weighted by atomic mass is 9.98. The first-order valence-electron chi connectivity index (χ1n) is 10.8. The maximum Gasteiger partial charge on any atom is 0.254 e. The van der Waals surface area contributed by atoms with Gasteiger partial charge in [0.05, 0.1) is 29.3 Å². The maximum atomic E-state index is 13.7. The Morgan fingerprint density at radius 2 is 1.94 bits per heavy atom. The third-order valence-electron chi connectivity index (χ3n) is 6.18. The van der Waals surface area contributed by atoms with Crippen LogP contribution < -0.4 is 4.72 Å². The summed E-state index contributed by atoms with van der Waals surface area (Å²) >= 11 is 0. The summed E-state index contributed by atoms with van der Waals surface area (Å²) in [6, 6.07) is 11.4. The van der Waals surface area contributed by atoms with Crippen molar-refractivity contribution in [2.75, 3.05) is 19.3 Å². The highest BCUT2D eigenvalue weighted by molar-refractivity contribution is 7.88. The van der Waals surface area contributed by atoms with Crippen LogP contribution in [0.25, 0.3) is 22.6 Å². The first-order valence-corrected chi connectivity index (χ1v) is 12.7. The number of pyridine rings is 1. The van der Waals surface area contributed by atoms with Crippen LogP contribution in [0.15, 0.2) is 47.1 Å². The molecule has 1 aliphatic heterocycles. The van der Waals surface area contributed by atoms with Crippen molar-refractivity contribution in [2.24, 2.45) is 0 Å². The molecule has 3 heterocycles. The minimum atomic E-state index is -3.25. The lowest BCUT2D eigenvalue weighted by Gasteiger charge is -2.32. The van der Waals surface area contributed by atoms with Crippen LogP contribution in [0.5, 0.6) is 0 Å². The molecule has 0 spiro atoms. The monoisotopic (exact) mass is 451 g/mol. The number of hydrogen-bond acceptors (Lipinski definition) is 5. The molecule has 8 heteroatoms. The molecule has 2 aliphatic rings. The molecule has 0 saturated carbocycles. The number of sulfonamides is 1. The number of aromatic nitrogens is 1. The Bertz CT molecular complexity index is 1300. The third kappa shape index (κ3) is 4.08. The predicted octanol–water partition coefficient (Wildman–Crippen LogP) is 3.47. The second-order valence-electron chi connectivity index (χ2n) is 8.47. The number of likely N-dealkylation sites (tertiary alicyclic amines) is 1. The zero-order valence-corrected chi connectivity index (χ0v) is 18.7. The molecule has 1 saturated heterocycles. The minimum absolute atomic E-state index is 0.00287. The van der Waals surface area contributed by atoms with Crippen LogP contribution in [-0.4, -0.2) is 49.6 Å². The molecule has 1 aromatic carbocycles.